The Morgan fingerprint density at radius 1 is 0.857 bits per heavy atom. The Morgan fingerprint density at radius 3 is 2.12 bits per heavy atom. The van der Waals surface area contributed by atoms with Crippen LogP contribution in [0.5, 0.6) is 0 Å². The predicted molar refractivity (Wildman–Crippen MR) is 173 cm³/mol. The van der Waals surface area contributed by atoms with Crippen molar-refractivity contribution in [3.8, 4) is 0 Å². The minimum Gasteiger partial charge on any atom is -0.459 e. The van der Waals surface area contributed by atoms with Crippen LogP contribution < -0.4 is 5.43 Å². The lowest BCUT2D eigenvalue weighted by Gasteiger charge is -2.60. The van der Waals surface area contributed by atoms with Gasteiger partial charge in [-0.3, -0.25) is 14.4 Å². The van der Waals surface area contributed by atoms with Crippen LogP contribution in [-0.4, -0.2) is 11.6 Å². The van der Waals surface area contributed by atoms with Gasteiger partial charge in [-0.1, -0.05) is 72.6 Å². The van der Waals surface area contributed by atoms with Gasteiger partial charge in [-0.25, -0.2) is 0 Å². The summed E-state index contributed by atoms with van der Waals surface area (Å²) in [6.45, 7) is 18.7. The van der Waals surface area contributed by atoms with Crippen LogP contribution in [0.25, 0.3) is 11.0 Å². The molecule has 224 valence electrons. The lowest BCUT2D eigenvalue weighted by atomic mass is 9.40. The van der Waals surface area contributed by atoms with Gasteiger partial charge in [0.15, 0.2) is 11.6 Å². The molecule has 4 rings (SSSR count). The van der Waals surface area contributed by atoms with E-state index in [-0.39, 0.29) is 34.2 Å². The fourth-order valence-electron chi connectivity index (χ4n) is 7.16. The topological polar surface area (TPSA) is 64.3 Å². The maximum atomic E-state index is 15.1. The Hall–Kier alpha value is -3.27. The van der Waals surface area contributed by atoms with Gasteiger partial charge in [0.05, 0.1) is 16.2 Å². The predicted octanol–water partition coefficient (Wildman–Crippen LogP) is 9.62. The molecule has 2 aromatic rings. The lowest BCUT2D eigenvalue weighted by molar-refractivity contribution is -0.151. The molecule has 1 heterocycles. The number of ketones is 2. The SMILES string of the molecule is CC(C)=CCC/C(C)=C/C[C@@H]1C[C@@]2(CC=C(C)C)C(=O)c3c(oc4ccccc4c3=O)[C@](CC=C(C)C)(C2=O)C1(C)C. The Morgan fingerprint density at radius 2 is 1.48 bits per heavy atom. The molecule has 4 heteroatoms. The van der Waals surface area contributed by atoms with Crippen molar-refractivity contribution < 1.29 is 14.0 Å². The zero-order valence-corrected chi connectivity index (χ0v) is 27.1. The number of hydrogen-bond acceptors (Lipinski definition) is 4. The van der Waals surface area contributed by atoms with Gasteiger partial charge in [-0.2, -0.15) is 0 Å². The fraction of sp³-hybridized carbons (Fsp3) is 0.500. The van der Waals surface area contributed by atoms with Gasteiger partial charge in [0.1, 0.15) is 16.9 Å². The Kier molecular flexibility index (Phi) is 8.88. The van der Waals surface area contributed by atoms with Crippen LogP contribution in [0.4, 0.5) is 0 Å². The van der Waals surface area contributed by atoms with Crippen molar-refractivity contribution in [1.82, 2.24) is 0 Å². The van der Waals surface area contributed by atoms with E-state index in [1.165, 1.54) is 11.1 Å². The third-order valence-corrected chi connectivity index (χ3v) is 9.90. The number of fused-ring (bicyclic) bond motifs is 5. The average Bonchev–Trinajstić information content (AvgIpc) is 2.91. The smallest absolute Gasteiger partial charge is 0.203 e. The summed E-state index contributed by atoms with van der Waals surface area (Å²) < 4.78 is 6.57. The quantitative estimate of drug-likeness (QED) is 0.223. The second-order valence-corrected chi connectivity index (χ2v) is 14.0. The summed E-state index contributed by atoms with van der Waals surface area (Å²) in [5.41, 5.74) is 1.89. The number of allylic oxidation sites excluding steroid dienone is 8. The van der Waals surface area contributed by atoms with Crippen LogP contribution in [-0.2, 0) is 10.2 Å². The summed E-state index contributed by atoms with van der Waals surface area (Å²) in [5, 5.41) is 0.385. The zero-order valence-electron chi connectivity index (χ0n) is 27.1. The number of Topliss-reactive ketones (excluding diaryl/α,β-unsaturated/α-hetero) is 2. The summed E-state index contributed by atoms with van der Waals surface area (Å²) in [6, 6.07) is 7.08. The van der Waals surface area contributed by atoms with Crippen LogP contribution in [0.1, 0.15) is 117 Å². The molecule has 0 saturated heterocycles. The third kappa shape index (κ3) is 5.23. The van der Waals surface area contributed by atoms with Crippen LogP contribution in [0.2, 0.25) is 0 Å². The number of carbonyl (C=O) groups is 2. The van der Waals surface area contributed by atoms with Crippen molar-refractivity contribution in [2.24, 2.45) is 16.7 Å². The number of para-hydroxylation sites is 1. The van der Waals surface area contributed by atoms with Crippen molar-refractivity contribution in [2.75, 3.05) is 0 Å². The minimum atomic E-state index is -1.30. The highest BCUT2D eigenvalue weighted by Crippen LogP contribution is 2.65. The Labute approximate surface area is 251 Å². The molecule has 0 unspecified atom stereocenters. The minimum absolute atomic E-state index is 0.0265. The highest BCUT2D eigenvalue weighted by Gasteiger charge is 2.71. The summed E-state index contributed by atoms with van der Waals surface area (Å²) in [4.78, 5) is 43.9. The summed E-state index contributed by atoms with van der Waals surface area (Å²) >= 11 is 0. The summed E-state index contributed by atoms with van der Waals surface area (Å²) in [5.74, 6) is -0.160. The maximum Gasteiger partial charge on any atom is 0.203 e. The standard InChI is InChI=1S/C38H48O4/c1-24(2)13-12-14-27(7)17-18-28-23-37(21-19-25(3)4)33(40)31-32(39)29-15-10-11-16-30(29)42-34(31)38(35(37)41,36(28,8)9)22-20-26(5)6/h10-11,13,15-17,19-20,28H,12,14,18,21-23H2,1-9H3/b27-17+/t28-,37+,38-/m1/s1. The van der Waals surface area contributed by atoms with Gasteiger partial charge in [0, 0.05) is 0 Å². The van der Waals surface area contributed by atoms with E-state index in [2.05, 4.69) is 52.8 Å². The van der Waals surface area contributed by atoms with Crippen LogP contribution in [0.15, 0.2) is 80.1 Å². The monoisotopic (exact) mass is 568 g/mol. The van der Waals surface area contributed by atoms with Gasteiger partial charge < -0.3 is 4.42 Å². The molecule has 2 bridgehead atoms. The van der Waals surface area contributed by atoms with E-state index in [9.17, 15) is 9.59 Å². The zero-order chi connectivity index (χ0) is 31.0. The van der Waals surface area contributed by atoms with E-state index < -0.39 is 16.2 Å². The van der Waals surface area contributed by atoms with Crippen LogP contribution >= 0.6 is 0 Å². The molecule has 1 fully saturated rings. The molecule has 0 aliphatic heterocycles. The second kappa shape index (κ2) is 11.8. The molecule has 0 amide bonds. The van der Waals surface area contributed by atoms with E-state index in [0.29, 0.717) is 30.2 Å². The van der Waals surface area contributed by atoms with E-state index in [1.807, 2.05) is 39.8 Å². The maximum absolute atomic E-state index is 15.1. The number of benzene rings is 1. The lowest BCUT2D eigenvalue weighted by Crippen LogP contribution is -2.68. The fourth-order valence-corrected chi connectivity index (χ4v) is 7.16. The molecule has 1 aromatic heterocycles. The molecule has 1 saturated carbocycles. The number of rotatable bonds is 9. The van der Waals surface area contributed by atoms with Crippen LogP contribution in [0, 0.1) is 16.7 Å². The van der Waals surface area contributed by atoms with Crippen molar-refractivity contribution >= 4 is 22.5 Å². The van der Waals surface area contributed by atoms with Gasteiger partial charge in [0.25, 0.3) is 0 Å². The van der Waals surface area contributed by atoms with E-state index in [4.69, 9.17) is 4.42 Å². The molecule has 2 aliphatic carbocycles. The largest absolute Gasteiger partial charge is 0.459 e. The second-order valence-electron chi connectivity index (χ2n) is 14.0. The van der Waals surface area contributed by atoms with Gasteiger partial charge in [-0.15, -0.1) is 0 Å². The highest BCUT2D eigenvalue weighted by atomic mass is 16.3. The number of carbonyl (C=O) groups excluding carboxylic acids is 2. The molecule has 42 heavy (non-hydrogen) atoms. The molecular formula is C38H48O4. The van der Waals surface area contributed by atoms with E-state index in [1.54, 1.807) is 18.2 Å². The summed E-state index contributed by atoms with van der Waals surface area (Å²) in [6.07, 6.45) is 12.5. The van der Waals surface area contributed by atoms with Crippen molar-refractivity contribution in [3.05, 3.63) is 92.4 Å². The van der Waals surface area contributed by atoms with Gasteiger partial charge >= 0.3 is 0 Å². The first-order chi connectivity index (χ1) is 19.7. The first-order valence-electron chi connectivity index (χ1n) is 15.4. The van der Waals surface area contributed by atoms with Crippen molar-refractivity contribution in [1.29, 1.82) is 0 Å². The van der Waals surface area contributed by atoms with Crippen molar-refractivity contribution in [3.63, 3.8) is 0 Å². The molecule has 4 nitrogen and oxygen atoms in total. The molecule has 3 atom stereocenters. The third-order valence-electron chi connectivity index (χ3n) is 9.90. The van der Waals surface area contributed by atoms with Gasteiger partial charge in [0.2, 0.25) is 5.43 Å². The normalized spacial score (nSPS) is 24.7. The first kappa shape index (κ1) is 31.7. The molecule has 2 aliphatic rings. The van der Waals surface area contributed by atoms with Crippen molar-refractivity contribution in [2.45, 2.75) is 106 Å². The highest BCUT2D eigenvalue weighted by molar-refractivity contribution is 6.23. The van der Waals surface area contributed by atoms with E-state index >= 15 is 4.79 Å². The molecule has 1 aromatic carbocycles. The molecule has 0 radical (unpaired) electrons. The van der Waals surface area contributed by atoms with Gasteiger partial charge in [-0.05, 0) is 110 Å². The van der Waals surface area contributed by atoms with Crippen LogP contribution in [0.3, 0.4) is 0 Å². The summed E-state index contributed by atoms with van der Waals surface area (Å²) in [7, 11) is 0. The Balaban J connectivity index is 2.02. The molecule has 0 N–H and O–H groups in total. The molecular weight excluding hydrogens is 520 g/mol. The molecule has 0 spiro atoms. The van der Waals surface area contributed by atoms with E-state index in [0.717, 1.165) is 30.4 Å². The Bertz CT molecular complexity index is 1580. The average molecular weight is 569 g/mol. The first-order valence-corrected chi connectivity index (χ1v) is 15.4. The number of hydrogen-bond donors (Lipinski definition) is 0.